The zero-order valence-corrected chi connectivity index (χ0v) is 17.4. The second kappa shape index (κ2) is 8.86. The molecule has 0 spiro atoms. The second-order valence-electron chi connectivity index (χ2n) is 6.84. The molecule has 1 aliphatic heterocycles. The Hall–Kier alpha value is -3.88. The molecule has 152 valence electrons. The van der Waals surface area contributed by atoms with E-state index in [1.165, 1.54) is 0 Å². The van der Waals surface area contributed by atoms with Crippen molar-refractivity contribution >= 4 is 35.1 Å². The van der Waals surface area contributed by atoms with Gasteiger partial charge in [0.15, 0.2) is 0 Å². The Morgan fingerprint density at radius 1 is 1.13 bits per heavy atom. The minimum Gasteiger partial charge on any atom is -0.481 e. The van der Waals surface area contributed by atoms with Crippen molar-refractivity contribution < 1.29 is 14.3 Å². The molecule has 2 heterocycles. The summed E-state index contributed by atoms with van der Waals surface area (Å²) in [6, 6.07) is 15.8. The Morgan fingerprint density at radius 3 is 2.81 bits per heavy atom. The summed E-state index contributed by atoms with van der Waals surface area (Å²) in [4.78, 5) is 29.5. The summed E-state index contributed by atoms with van der Waals surface area (Å²) in [5.41, 5.74) is 3.29. The Morgan fingerprint density at radius 2 is 2.00 bits per heavy atom. The summed E-state index contributed by atoms with van der Waals surface area (Å²) < 4.78 is 5.12. The molecule has 3 aromatic rings. The van der Waals surface area contributed by atoms with E-state index >= 15 is 0 Å². The van der Waals surface area contributed by atoms with Crippen LogP contribution in [-0.4, -0.2) is 23.8 Å². The van der Waals surface area contributed by atoms with Gasteiger partial charge in [0, 0.05) is 34.8 Å². The topological polar surface area (TPSA) is 68.3 Å². The van der Waals surface area contributed by atoms with E-state index in [9.17, 15) is 9.59 Å². The predicted molar refractivity (Wildman–Crippen MR) is 120 cm³/mol. The van der Waals surface area contributed by atoms with Crippen LogP contribution in [0, 0.1) is 11.8 Å². The molecular weight excluding hydrogens is 412 g/mol. The normalized spacial score (nSPS) is 13.8. The van der Waals surface area contributed by atoms with Gasteiger partial charge in [-0.15, -0.1) is 0 Å². The third kappa shape index (κ3) is 4.66. The maximum absolute atomic E-state index is 13.0. The fraction of sp³-hybridized carbons (Fsp3) is 0.0800. The summed E-state index contributed by atoms with van der Waals surface area (Å²) in [6.07, 6.45) is 3.73. The molecule has 0 unspecified atom stereocenters. The van der Waals surface area contributed by atoms with Gasteiger partial charge in [0.1, 0.15) is 0 Å². The van der Waals surface area contributed by atoms with Gasteiger partial charge in [-0.2, -0.15) is 0 Å². The molecule has 2 aromatic carbocycles. The number of ketones is 1. The number of methoxy groups -OCH3 is 1. The van der Waals surface area contributed by atoms with Gasteiger partial charge < -0.3 is 10.1 Å². The van der Waals surface area contributed by atoms with Crippen LogP contribution >= 0.6 is 11.6 Å². The smallest absolute Gasteiger partial charge is 0.259 e. The SMILES string of the molecule is COc1cc(CC#Cc2ccc3c(c2)C(=O)C(=Cc2cccc(Cl)c2)C(=O)N3)ccn1. The van der Waals surface area contributed by atoms with Gasteiger partial charge in [-0.3, -0.25) is 9.59 Å². The highest BCUT2D eigenvalue weighted by atomic mass is 35.5. The number of aromatic nitrogens is 1. The standard InChI is InChI=1S/C25H17ClN2O3/c1-31-23-15-17(10-11-27-23)5-2-4-16-8-9-22-20(13-16)24(29)21(25(30)28-22)14-18-6-3-7-19(26)12-18/h3,6-15H,5H2,1H3,(H,28,30). The summed E-state index contributed by atoms with van der Waals surface area (Å²) in [5.74, 6) is 5.91. The number of carbonyl (C=O) groups excluding carboxylic acids is 2. The third-order valence-electron chi connectivity index (χ3n) is 4.69. The zero-order chi connectivity index (χ0) is 21.8. The van der Waals surface area contributed by atoms with Crippen LogP contribution in [0.4, 0.5) is 5.69 Å². The largest absolute Gasteiger partial charge is 0.481 e. The molecule has 6 heteroatoms. The molecule has 31 heavy (non-hydrogen) atoms. The van der Waals surface area contributed by atoms with Gasteiger partial charge in [-0.25, -0.2) is 4.98 Å². The van der Waals surface area contributed by atoms with E-state index < -0.39 is 5.91 Å². The number of carbonyl (C=O) groups is 2. The first kappa shape index (κ1) is 20.4. The predicted octanol–water partition coefficient (Wildman–Crippen LogP) is 4.56. The van der Waals surface area contributed by atoms with Crippen LogP contribution in [0.2, 0.25) is 5.02 Å². The van der Waals surface area contributed by atoms with Gasteiger partial charge in [0.2, 0.25) is 11.7 Å². The number of rotatable bonds is 3. The van der Waals surface area contributed by atoms with Crippen LogP contribution in [0.25, 0.3) is 6.08 Å². The molecule has 5 nitrogen and oxygen atoms in total. The van der Waals surface area contributed by atoms with E-state index in [2.05, 4.69) is 22.1 Å². The molecule has 0 aliphatic carbocycles. The van der Waals surface area contributed by atoms with Crippen molar-refractivity contribution in [2.24, 2.45) is 0 Å². The quantitative estimate of drug-likeness (QED) is 0.377. The summed E-state index contributed by atoms with van der Waals surface area (Å²) in [7, 11) is 1.57. The van der Waals surface area contributed by atoms with Gasteiger partial charge in [0.05, 0.1) is 18.4 Å². The highest BCUT2D eigenvalue weighted by molar-refractivity contribution is 6.36. The number of Topliss-reactive ketones (excluding diaryl/α,β-unsaturated/α-hetero) is 1. The number of hydrogen-bond acceptors (Lipinski definition) is 4. The maximum Gasteiger partial charge on any atom is 0.259 e. The number of nitrogens with zero attached hydrogens (tertiary/aromatic N) is 1. The first-order valence-corrected chi connectivity index (χ1v) is 9.86. The molecule has 0 radical (unpaired) electrons. The van der Waals surface area contributed by atoms with E-state index in [4.69, 9.17) is 16.3 Å². The highest BCUT2D eigenvalue weighted by Crippen LogP contribution is 2.28. The number of nitrogens with one attached hydrogen (secondary N) is 1. The summed E-state index contributed by atoms with van der Waals surface area (Å²) in [6.45, 7) is 0. The number of benzene rings is 2. The average molecular weight is 429 g/mol. The van der Waals surface area contributed by atoms with E-state index in [0.29, 0.717) is 39.7 Å². The van der Waals surface area contributed by atoms with Crippen molar-refractivity contribution in [3.8, 4) is 17.7 Å². The molecule has 0 atom stereocenters. The fourth-order valence-corrected chi connectivity index (χ4v) is 3.37. The minimum atomic E-state index is -0.442. The molecular formula is C25H17ClN2O3. The van der Waals surface area contributed by atoms with E-state index in [0.717, 1.165) is 5.56 Å². The van der Waals surface area contributed by atoms with Gasteiger partial charge in [-0.05, 0) is 53.6 Å². The second-order valence-corrected chi connectivity index (χ2v) is 7.28. The molecule has 1 aliphatic rings. The van der Waals surface area contributed by atoms with E-state index in [1.54, 1.807) is 61.8 Å². The molecule has 1 N–H and O–H groups in total. The fourth-order valence-electron chi connectivity index (χ4n) is 3.17. The Labute approximate surface area is 184 Å². The minimum absolute atomic E-state index is 0.0590. The molecule has 0 saturated carbocycles. The molecule has 0 saturated heterocycles. The lowest BCUT2D eigenvalue weighted by atomic mass is 9.94. The highest BCUT2D eigenvalue weighted by Gasteiger charge is 2.28. The number of amides is 1. The van der Waals surface area contributed by atoms with Gasteiger partial charge in [-0.1, -0.05) is 35.6 Å². The van der Waals surface area contributed by atoms with Crippen LogP contribution in [0.5, 0.6) is 5.88 Å². The van der Waals surface area contributed by atoms with Crippen molar-refractivity contribution in [1.82, 2.24) is 4.98 Å². The lowest BCUT2D eigenvalue weighted by Gasteiger charge is -2.18. The summed E-state index contributed by atoms with van der Waals surface area (Å²) in [5, 5.41) is 3.30. The molecule has 0 fully saturated rings. The van der Waals surface area contributed by atoms with Crippen LogP contribution < -0.4 is 10.1 Å². The Kier molecular flexibility index (Phi) is 5.83. The zero-order valence-electron chi connectivity index (χ0n) is 16.6. The van der Waals surface area contributed by atoms with Crippen molar-refractivity contribution in [2.45, 2.75) is 6.42 Å². The average Bonchev–Trinajstić information content (AvgIpc) is 2.77. The van der Waals surface area contributed by atoms with E-state index in [-0.39, 0.29) is 11.4 Å². The number of fused-ring (bicyclic) bond motifs is 1. The van der Waals surface area contributed by atoms with Crippen molar-refractivity contribution in [1.29, 1.82) is 0 Å². The number of ether oxygens (including phenoxy) is 1. The molecule has 1 aromatic heterocycles. The Bertz CT molecular complexity index is 1290. The number of hydrogen-bond donors (Lipinski definition) is 1. The van der Waals surface area contributed by atoms with Gasteiger partial charge in [0.25, 0.3) is 5.91 Å². The van der Waals surface area contributed by atoms with Crippen molar-refractivity contribution in [3.63, 3.8) is 0 Å². The third-order valence-corrected chi connectivity index (χ3v) is 4.93. The van der Waals surface area contributed by atoms with Crippen molar-refractivity contribution in [2.75, 3.05) is 12.4 Å². The van der Waals surface area contributed by atoms with Crippen LogP contribution in [0.15, 0.2) is 66.4 Å². The lowest BCUT2D eigenvalue weighted by Crippen LogP contribution is -2.27. The maximum atomic E-state index is 13.0. The summed E-state index contributed by atoms with van der Waals surface area (Å²) >= 11 is 6.01. The Balaban J connectivity index is 1.59. The van der Waals surface area contributed by atoms with Crippen LogP contribution in [-0.2, 0) is 11.2 Å². The van der Waals surface area contributed by atoms with Crippen LogP contribution in [0.1, 0.15) is 27.0 Å². The van der Waals surface area contributed by atoms with Crippen molar-refractivity contribution in [3.05, 3.63) is 93.6 Å². The number of halogens is 1. The molecule has 0 bridgehead atoms. The molecule has 1 amide bonds. The molecule has 4 rings (SSSR count). The van der Waals surface area contributed by atoms with Gasteiger partial charge >= 0.3 is 0 Å². The lowest BCUT2D eigenvalue weighted by molar-refractivity contribution is -0.112. The number of anilines is 1. The first-order valence-electron chi connectivity index (χ1n) is 9.48. The van der Waals surface area contributed by atoms with E-state index in [1.807, 2.05) is 12.1 Å². The van der Waals surface area contributed by atoms with Crippen LogP contribution in [0.3, 0.4) is 0 Å². The first-order chi connectivity index (χ1) is 15.0. The monoisotopic (exact) mass is 428 g/mol. The number of pyridine rings is 1.